The van der Waals surface area contributed by atoms with Crippen molar-refractivity contribution in [2.75, 3.05) is 12.4 Å². The molecular formula is C20H22ClNO4. The number of esters is 1. The SMILES string of the molecule is COc1ccc(NC(=O)C(C)OC(=O)c2c(C)cc(C)cc2C)cc1Cl. The molecule has 0 aromatic heterocycles. The highest BCUT2D eigenvalue weighted by atomic mass is 35.5. The molecule has 0 saturated heterocycles. The molecule has 0 radical (unpaired) electrons. The molecule has 1 atom stereocenters. The van der Waals surface area contributed by atoms with Gasteiger partial charge in [0.15, 0.2) is 6.10 Å². The van der Waals surface area contributed by atoms with Crippen LogP contribution in [0.4, 0.5) is 5.69 Å². The summed E-state index contributed by atoms with van der Waals surface area (Å²) in [6.07, 6.45) is -0.955. The van der Waals surface area contributed by atoms with Gasteiger partial charge in [-0.25, -0.2) is 4.79 Å². The second-order valence-electron chi connectivity index (χ2n) is 6.16. The predicted octanol–water partition coefficient (Wildman–Crippen LogP) is 4.46. The number of halogens is 1. The van der Waals surface area contributed by atoms with Gasteiger partial charge in [0.1, 0.15) is 5.75 Å². The van der Waals surface area contributed by atoms with Gasteiger partial charge in [-0.2, -0.15) is 0 Å². The van der Waals surface area contributed by atoms with Gasteiger partial charge in [-0.3, -0.25) is 4.79 Å². The number of nitrogens with one attached hydrogen (secondary N) is 1. The maximum absolute atomic E-state index is 12.5. The lowest BCUT2D eigenvalue weighted by Crippen LogP contribution is -2.30. The highest BCUT2D eigenvalue weighted by Crippen LogP contribution is 2.27. The summed E-state index contributed by atoms with van der Waals surface area (Å²) in [6.45, 7) is 7.18. The quantitative estimate of drug-likeness (QED) is 0.784. The van der Waals surface area contributed by atoms with Crippen LogP contribution >= 0.6 is 11.6 Å². The van der Waals surface area contributed by atoms with Crippen molar-refractivity contribution in [3.63, 3.8) is 0 Å². The number of hydrogen-bond acceptors (Lipinski definition) is 4. The molecular weight excluding hydrogens is 354 g/mol. The number of rotatable bonds is 5. The molecule has 1 N–H and O–H groups in total. The second-order valence-corrected chi connectivity index (χ2v) is 6.57. The van der Waals surface area contributed by atoms with Gasteiger partial charge in [0.05, 0.1) is 17.7 Å². The largest absolute Gasteiger partial charge is 0.495 e. The van der Waals surface area contributed by atoms with Crippen LogP contribution in [0.1, 0.15) is 34.0 Å². The molecule has 1 amide bonds. The lowest BCUT2D eigenvalue weighted by atomic mass is 10.00. The van der Waals surface area contributed by atoms with E-state index in [1.807, 2.05) is 32.9 Å². The fraction of sp³-hybridized carbons (Fsp3) is 0.300. The third kappa shape index (κ3) is 4.55. The Labute approximate surface area is 158 Å². The smallest absolute Gasteiger partial charge is 0.339 e. The Morgan fingerprint density at radius 1 is 1.08 bits per heavy atom. The Bertz CT molecular complexity index is 825. The summed E-state index contributed by atoms with van der Waals surface area (Å²) in [5, 5.41) is 3.05. The highest BCUT2D eigenvalue weighted by Gasteiger charge is 2.22. The zero-order valence-corrected chi connectivity index (χ0v) is 16.2. The fourth-order valence-electron chi connectivity index (χ4n) is 2.76. The standard InChI is InChI=1S/C20H22ClNO4/c1-11-8-12(2)18(13(3)9-11)20(24)26-14(4)19(23)22-15-6-7-17(25-5)16(21)10-15/h6-10,14H,1-5H3,(H,22,23). The van der Waals surface area contributed by atoms with Crippen LogP contribution in [0.5, 0.6) is 5.75 Å². The Morgan fingerprint density at radius 3 is 2.23 bits per heavy atom. The minimum atomic E-state index is -0.955. The first-order valence-corrected chi connectivity index (χ1v) is 8.54. The third-order valence-electron chi connectivity index (χ3n) is 3.95. The average Bonchev–Trinajstić information content (AvgIpc) is 2.53. The number of hydrogen-bond donors (Lipinski definition) is 1. The molecule has 138 valence electrons. The molecule has 0 aliphatic heterocycles. The van der Waals surface area contributed by atoms with Crippen LogP contribution in [-0.4, -0.2) is 25.1 Å². The molecule has 0 fully saturated rings. The van der Waals surface area contributed by atoms with E-state index in [4.69, 9.17) is 21.1 Å². The average molecular weight is 376 g/mol. The summed E-state index contributed by atoms with van der Waals surface area (Å²) >= 11 is 6.04. The van der Waals surface area contributed by atoms with E-state index in [0.717, 1.165) is 16.7 Å². The minimum absolute atomic E-state index is 0.376. The van der Waals surface area contributed by atoms with Crippen molar-refractivity contribution < 1.29 is 19.1 Å². The van der Waals surface area contributed by atoms with E-state index >= 15 is 0 Å². The van der Waals surface area contributed by atoms with Crippen LogP contribution < -0.4 is 10.1 Å². The maximum Gasteiger partial charge on any atom is 0.339 e. The Morgan fingerprint density at radius 2 is 1.69 bits per heavy atom. The molecule has 0 bridgehead atoms. The highest BCUT2D eigenvalue weighted by molar-refractivity contribution is 6.32. The minimum Gasteiger partial charge on any atom is -0.495 e. The molecule has 0 aliphatic carbocycles. The van der Waals surface area contributed by atoms with Gasteiger partial charge in [0, 0.05) is 5.69 Å². The van der Waals surface area contributed by atoms with Gasteiger partial charge in [-0.05, 0) is 57.0 Å². The van der Waals surface area contributed by atoms with E-state index in [1.54, 1.807) is 18.2 Å². The fourth-order valence-corrected chi connectivity index (χ4v) is 3.02. The molecule has 0 heterocycles. The van der Waals surface area contributed by atoms with Crippen LogP contribution in [0.2, 0.25) is 5.02 Å². The first-order chi connectivity index (χ1) is 12.2. The summed E-state index contributed by atoms with van der Waals surface area (Å²) < 4.78 is 10.4. The Kier molecular flexibility index (Phi) is 6.27. The molecule has 6 heteroatoms. The van der Waals surface area contributed by atoms with Crippen LogP contribution in [0.25, 0.3) is 0 Å². The number of methoxy groups -OCH3 is 1. The van der Waals surface area contributed by atoms with Gasteiger partial charge in [-0.1, -0.05) is 29.3 Å². The number of ether oxygens (including phenoxy) is 2. The van der Waals surface area contributed by atoms with Crippen molar-refractivity contribution in [2.24, 2.45) is 0 Å². The lowest BCUT2D eigenvalue weighted by molar-refractivity contribution is -0.123. The lowest BCUT2D eigenvalue weighted by Gasteiger charge is -2.16. The molecule has 2 rings (SSSR count). The predicted molar refractivity (Wildman–Crippen MR) is 102 cm³/mol. The van der Waals surface area contributed by atoms with Crippen molar-refractivity contribution in [1.82, 2.24) is 0 Å². The van der Waals surface area contributed by atoms with Crippen molar-refractivity contribution in [2.45, 2.75) is 33.8 Å². The first kappa shape index (κ1) is 19.8. The van der Waals surface area contributed by atoms with Crippen molar-refractivity contribution >= 4 is 29.2 Å². The summed E-state index contributed by atoms with van der Waals surface area (Å²) in [6, 6.07) is 8.70. The first-order valence-electron chi connectivity index (χ1n) is 8.16. The Hall–Kier alpha value is -2.53. The van der Waals surface area contributed by atoms with E-state index in [9.17, 15) is 9.59 Å². The summed E-state index contributed by atoms with van der Waals surface area (Å²) in [5.41, 5.74) is 3.69. The topological polar surface area (TPSA) is 64.6 Å². The number of aryl methyl sites for hydroxylation is 3. The molecule has 2 aromatic carbocycles. The summed E-state index contributed by atoms with van der Waals surface area (Å²) in [7, 11) is 1.51. The molecule has 0 aliphatic rings. The van der Waals surface area contributed by atoms with Crippen molar-refractivity contribution in [3.8, 4) is 5.75 Å². The molecule has 0 saturated carbocycles. The maximum atomic E-state index is 12.5. The molecule has 26 heavy (non-hydrogen) atoms. The number of amides is 1. The molecule has 1 unspecified atom stereocenters. The van der Waals surface area contributed by atoms with Crippen molar-refractivity contribution in [1.29, 1.82) is 0 Å². The van der Waals surface area contributed by atoms with Crippen LogP contribution in [-0.2, 0) is 9.53 Å². The van der Waals surface area contributed by atoms with Gasteiger partial charge in [0.2, 0.25) is 0 Å². The van der Waals surface area contributed by atoms with Gasteiger partial charge >= 0.3 is 5.97 Å². The van der Waals surface area contributed by atoms with E-state index in [1.165, 1.54) is 14.0 Å². The Balaban J connectivity index is 2.07. The van der Waals surface area contributed by atoms with Gasteiger partial charge < -0.3 is 14.8 Å². The number of carbonyl (C=O) groups excluding carboxylic acids is 2. The third-order valence-corrected chi connectivity index (χ3v) is 4.25. The summed E-state index contributed by atoms with van der Waals surface area (Å²) in [5.74, 6) is -0.452. The van der Waals surface area contributed by atoms with Crippen LogP contribution in [0.15, 0.2) is 30.3 Å². The molecule has 5 nitrogen and oxygen atoms in total. The van der Waals surface area contributed by atoms with Crippen LogP contribution in [0, 0.1) is 20.8 Å². The van der Waals surface area contributed by atoms with E-state index < -0.39 is 18.0 Å². The van der Waals surface area contributed by atoms with Gasteiger partial charge in [0.25, 0.3) is 5.91 Å². The normalized spacial score (nSPS) is 11.6. The molecule has 0 spiro atoms. The zero-order valence-electron chi connectivity index (χ0n) is 15.5. The van der Waals surface area contributed by atoms with E-state index in [-0.39, 0.29) is 0 Å². The molecule has 2 aromatic rings. The zero-order chi connectivity index (χ0) is 19.4. The number of carbonyl (C=O) groups is 2. The monoisotopic (exact) mass is 375 g/mol. The number of benzene rings is 2. The van der Waals surface area contributed by atoms with E-state index in [2.05, 4.69) is 5.32 Å². The van der Waals surface area contributed by atoms with E-state index in [0.29, 0.717) is 22.0 Å². The van der Waals surface area contributed by atoms with Crippen LogP contribution in [0.3, 0.4) is 0 Å². The number of anilines is 1. The second kappa shape index (κ2) is 8.23. The van der Waals surface area contributed by atoms with Gasteiger partial charge in [-0.15, -0.1) is 0 Å². The van der Waals surface area contributed by atoms with Crippen molar-refractivity contribution in [3.05, 3.63) is 57.6 Å². The summed E-state index contributed by atoms with van der Waals surface area (Å²) in [4.78, 5) is 24.8.